The summed E-state index contributed by atoms with van der Waals surface area (Å²) in [6, 6.07) is 0. The molecule has 1 aromatic heterocycles. The predicted molar refractivity (Wildman–Crippen MR) is 77.1 cm³/mol. The van der Waals surface area contributed by atoms with Crippen molar-refractivity contribution >= 4 is 16.5 Å². The largest absolute Gasteiger partial charge is 0.375 e. The minimum Gasteiger partial charge on any atom is -0.375 e. The Kier molecular flexibility index (Phi) is 3.40. The Bertz CT molecular complexity index is 451. The van der Waals surface area contributed by atoms with Crippen LogP contribution >= 0.6 is 11.3 Å². The number of hydrogen-bond donors (Lipinski definition) is 0. The van der Waals surface area contributed by atoms with Gasteiger partial charge in [0.25, 0.3) is 0 Å². The highest BCUT2D eigenvalue weighted by Gasteiger charge is 2.44. The third-order valence-electron chi connectivity index (χ3n) is 4.60. The van der Waals surface area contributed by atoms with Gasteiger partial charge in [0.15, 0.2) is 0 Å². The highest BCUT2D eigenvalue weighted by Crippen LogP contribution is 2.38. The molecule has 110 valence electrons. The Morgan fingerprint density at radius 2 is 2.45 bits per heavy atom. The lowest BCUT2D eigenvalue weighted by atomic mass is 9.89. The minimum atomic E-state index is -0.0157. The quantitative estimate of drug-likeness (QED) is 0.851. The molecule has 1 aliphatic carbocycles. The number of piperidine rings is 1. The smallest absolute Gasteiger partial charge is 0.208 e. The molecule has 20 heavy (non-hydrogen) atoms. The molecule has 0 amide bonds. The number of rotatable bonds is 4. The molecule has 0 radical (unpaired) electrons. The zero-order valence-electron chi connectivity index (χ0n) is 11.7. The molecule has 1 saturated carbocycles. The van der Waals surface area contributed by atoms with E-state index in [-0.39, 0.29) is 5.60 Å². The molecular weight excluding hydrogens is 274 g/mol. The molecule has 5 nitrogen and oxygen atoms in total. The van der Waals surface area contributed by atoms with Gasteiger partial charge in [0, 0.05) is 26.1 Å². The van der Waals surface area contributed by atoms with Gasteiger partial charge in [-0.25, -0.2) is 0 Å². The van der Waals surface area contributed by atoms with Crippen molar-refractivity contribution in [1.29, 1.82) is 0 Å². The fraction of sp³-hybridized carbons (Fsp3) is 0.857. The van der Waals surface area contributed by atoms with Crippen molar-refractivity contribution in [3.8, 4) is 0 Å². The van der Waals surface area contributed by atoms with Gasteiger partial charge in [0.05, 0.1) is 18.3 Å². The molecule has 1 aromatic rings. The molecule has 0 aromatic carbocycles. The molecule has 3 fully saturated rings. The van der Waals surface area contributed by atoms with E-state index in [4.69, 9.17) is 9.47 Å². The van der Waals surface area contributed by atoms with Crippen LogP contribution < -0.4 is 4.90 Å². The monoisotopic (exact) mass is 295 g/mol. The first-order valence-electron chi connectivity index (χ1n) is 7.60. The van der Waals surface area contributed by atoms with Crippen LogP contribution in [0.5, 0.6) is 0 Å². The first kappa shape index (κ1) is 13.0. The first-order valence-corrected chi connectivity index (χ1v) is 8.48. The highest BCUT2D eigenvalue weighted by molar-refractivity contribution is 7.13. The van der Waals surface area contributed by atoms with Crippen molar-refractivity contribution in [3.63, 3.8) is 0 Å². The van der Waals surface area contributed by atoms with Gasteiger partial charge in [0.1, 0.15) is 5.51 Å². The maximum Gasteiger partial charge on any atom is 0.208 e. The molecular formula is C14H21N3O2S. The van der Waals surface area contributed by atoms with E-state index < -0.39 is 0 Å². The summed E-state index contributed by atoms with van der Waals surface area (Å²) >= 11 is 1.61. The van der Waals surface area contributed by atoms with Gasteiger partial charge in [-0.05, 0) is 31.6 Å². The summed E-state index contributed by atoms with van der Waals surface area (Å²) in [6.45, 7) is 3.69. The molecule has 2 saturated heterocycles. The summed E-state index contributed by atoms with van der Waals surface area (Å²) in [7, 11) is 0. The zero-order valence-corrected chi connectivity index (χ0v) is 12.5. The molecule has 1 spiro atoms. The van der Waals surface area contributed by atoms with Gasteiger partial charge in [-0.1, -0.05) is 11.3 Å². The van der Waals surface area contributed by atoms with Crippen molar-refractivity contribution in [1.82, 2.24) is 10.2 Å². The van der Waals surface area contributed by atoms with Crippen LogP contribution in [0.15, 0.2) is 5.51 Å². The number of ether oxygens (including phenoxy) is 2. The second-order valence-corrected chi connectivity index (χ2v) is 7.15. The maximum atomic E-state index is 6.16. The topological polar surface area (TPSA) is 47.5 Å². The minimum absolute atomic E-state index is 0.0157. The number of aromatic nitrogens is 2. The third-order valence-corrected chi connectivity index (χ3v) is 5.35. The second kappa shape index (κ2) is 5.24. The fourth-order valence-electron chi connectivity index (χ4n) is 3.32. The molecule has 3 aliphatic rings. The Hall–Kier alpha value is -0.720. The van der Waals surface area contributed by atoms with Crippen molar-refractivity contribution in [2.45, 2.75) is 43.8 Å². The van der Waals surface area contributed by atoms with E-state index in [2.05, 4.69) is 15.1 Å². The van der Waals surface area contributed by atoms with E-state index in [9.17, 15) is 0 Å². The van der Waals surface area contributed by atoms with E-state index in [0.717, 1.165) is 56.6 Å². The van der Waals surface area contributed by atoms with Crippen molar-refractivity contribution in [2.24, 2.45) is 5.92 Å². The average molecular weight is 295 g/mol. The summed E-state index contributed by atoms with van der Waals surface area (Å²) in [5.41, 5.74) is 1.78. The van der Waals surface area contributed by atoms with E-state index >= 15 is 0 Å². The lowest BCUT2D eigenvalue weighted by Crippen LogP contribution is -2.48. The molecule has 0 unspecified atom stereocenters. The standard InChI is InChI=1S/C14H21N3O2S/c1-4-14(9-17(5-1)13-16-15-10-20-13)6-12(8-19-14)18-7-11-2-3-11/h10-12H,1-9H2/t12-,14-/m0/s1. The van der Waals surface area contributed by atoms with E-state index in [1.807, 2.05) is 0 Å². The average Bonchev–Trinajstić information content (AvgIpc) is 2.99. The molecule has 0 bridgehead atoms. The van der Waals surface area contributed by atoms with Crippen LogP contribution in [-0.2, 0) is 9.47 Å². The molecule has 6 heteroatoms. The van der Waals surface area contributed by atoms with Crippen LogP contribution in [0.25, 0.3) is 0 Å². The molecule has 3 heterocycles. The summed E-state index contributed by atoms with van der Waals surface area (Å²) < 4.78 is 12.2. The van der Waals surface area contributed by atoms with Crippen LogP contribution in [0.4, 0.5) is 5.13 Å². The van der Waals surface area contributed by atoms with Gasteiger partial charge in [-0.2, -0.15) is 0 Å². The third kappa shape index (κ3) is 2.69. The molecule has 2 atom stereocenters. The van der Waals surface area contributed by atoms with E-state index in [0.29, 0.717) is 6.10 Å². The normalized spacial score (nSPS) is 34.0. The van der Waals surface area contributed by atoms with Crippen LogP contribution in [0.2, 0.25) is 0 Å². The lowest BCUT2D eigenvalue weighted by Gasteiger charge is -2.39. The zero-order chi connectivity index (χ0) is 13.4. The SMILES string of the molecule is c1nnc(N2CCC[C@]3(C[C@H](OCC4CC4)CO3)C2)s1. The molecule has 0 N–H and O–H groups in total. The molecule has 4 rings (SSSR count). The van der Waals surface area contributed by atoms with Gasteiger partial charge >= 0.3 is 0 Å². The number of anilines is 1. The summed E-state index contributed by atoms with van der Waals surface area (Å²) in [4.78, 5) is 2.32. The Labute approximate surface area is 123 Å². The van der Waals surface area contributed by atoms with Crippen LogP contribution in [0.3, 0.4) is 0 Å². The Morgan fingerprint density at radius 1 is 1.50 bits per heavy atom. The van der Waals surface area contributed by atoms with Crippen LogP contribution in [0.1, 0.15) is 32.1 Å². The van der Waals surface area contributed by atoms with E-state index in [1.165, 1.54) is 12.8 Å². The fourth-order valence-corrected chi connectivity index (χ4v) is 3.90. The predicted octanol–water partition coefficient (Wildman–Crippen LogP) is 2.09. The second-order valence-electron chi connectivity index (χ2n) is 6.34. The highest BCUT2D eigenvalue weighted by atomic mass is 32.1. The summed E-state index contributed by atoms with van der Waals surface area (Å²) in [6.07, 6.45) is 6.34. The lowest BCUT2D eigenvalue weighted by molar-refractivity contribution is -0.0129. The molecule has 2 aliphatic heterocycles. The first-order chi connectivity index (χ1) is 9.83. The van der Waals surface area contributed by atoms with Crippen LogP contribution in [0, 0.1) is 5.92 Å². The number of nitrogens with zero attached hydrogens (tertiary/aromatic N) is 3. The summed E-state index contributed by atoms with van der Waals surface area (Å²) in [5.74, 6) is 0.829. The van der Waals surface area contributed by atoms with Gasteiger partial charge < -0.3 is 14.4 Å². The van der Waals surface area contributed by atoms with Gasteiger partial charge in [-0.15, -0.1) is 10.2 Å². The Balaban J connectivity index is 1.37. The van der Waals surface area contributed by atoms with Gasteiger partial charge in [-0.3, -0.25) is 0 Å². The summed E-state index contributed by atoms with van der Waals surface area (Å²) in [5, 5.41) is 9.16. The Morgan fingerprint density at radius 3 is 3.25 bits per heavy atom. The van der Waals surface area contributed by atoms with Crippen LogP contribution in [-0.4, -0.2) is 48.2 Å². The van der Waals surface area contributed by atoms with Crippen molar-refractivity contribution < 1.29 is 9.47 Å². The van der Waals surface area contributed by atoms with E-state index in [1.54, 1.807) is 16.8 Å². The van der Waals surface area contributed by atoms with Gasteiger partial charge in [0.2, 0.25) is 5.13 Å². The van der Waals surface area contributed by atoms with Crippen molar-refractivity contribution in [2.75, 3.05) is 31.2 Å². The maximum absolute atomic E-state index is 6.16. The number of hydrogen-bond acceptors (Lipinski definition) is 6. The van der Waals surface area contributed by atoms with Crippen molar-refractivity contribution in [3.05, 3.63) is 5.51 Å².